The van der Waals surface area contributed by atoms with E-state index in [1.54, 1.807) is 0 Å². The first kappa shape index (κ1) is 13.8. The van der Waals surface area contributed by atoms with Crippen molar-refractivity contribution in [3.05, 3.63) is 63.6 Å². The van der Waals surface area contributed by atoms with Gasteiger partial charge < -0.3 is 5.32 Å². The zero-order valence-electron chi connectivity index (χ0n) is 11.4. The Balaban J connectivity index is 1.64. The molecule has 1 aliphatic carbocycles. The van der Waals surface area contributed by atoms with E-state index in [9.17, 15) is 0 Å². The van der Waals surface area contributed by atoms with Gasteiger partial charge in [0.25, 0.3) is 0 Å². The van der Waals surface area contributed by atoms with Crippen molar-refractivity contribution in [2.45, 2.75) is 31.7 Å². The van der Waals surface area contributed by atoms with E-state index in [4.69, 9.17) is 23.2 Å². The standard InChI is InChI=1S/C17H17Cl2N/c1-11-5-2-3-6-14(11)12-9-13(10-12)20-16-8-4-7-15(18)17(16)19/h2-8,12-13,20H,9-10H2,1H3. The van der Waals surface area contributed by atoms with E-state index >= 15 is 0 Å². The highest BCUT2D eigenvalue weighted by molar-refractivity contribution is 6.43. The molecular weight excluding hydrogens is 289 g/mol. The normalized spacial score (nSPS) is 21.4. The molecule has 0 unspecified atom stereocenters. The van der Waals surface area contributed by atoms with Crippen LogP contribution in [0.1, 0.15) is 29.9 Å². The quantitative estimate of drug-likeness (QED) is 0.771. The highest BCUT2D eigenvalue weighted by atomic mass is 35.5. The minimum Gasteiger partial charge on any atom is -0.381 e. The van der Waals surface area contributed by atoms with Crippen LogP contribution in [0.2, 0.25) is 10.0 Å². The molecule has 2 aromatic rings. The molecule has 0 aliphatic heterocycles. The Kier molecular flexibility index (Phi) is 3.91. The van der Waals surface area contributed by atoms with Crippen molar-refractivity contribution in [1.29, 1.82) is 0 Å². The molecule has 20 heavy (non-hydrogen) atoms. The van der Waals surface area contributed by atoms with Gasteiger partial charge in [0.2, 0.25) is 0 Å². The number of nitrogens with one attached hydrogen (secondary N) is 1. The molecule has 0 atom stereocenters. The SMILES string of the molecule is Cc1ccccc1C1CC(Nc2cccc(Cl)c2Cl)C1. The van der Waals surface area contributed by atoms with E-state index in [-0.39, 0.29) is 0 Å². The number of aryl methyl sites for hydroxylation is 1. The maximum atomic E-state index is 6.20. The predicted octanol–water partition coefficient (Wildman–Crippen LogP) is 5.66. The molecule has 2 aromatic carbocycles. The Labute approximate surface area is 129 Å². The number of hydrogen-bond acceptors (Lipinski definition) is 1. The first-order chi connectivity index (χ1) is 9.65. The van der Waals surface area contributed by atoms with Gasteiger partial charge >= 0.3 is 0 Å². The molecule has 0 heterocycles. The highest BCUT2D eigenvalue weighted by Gasteiger charge is 2.31. The average molecular weight is 306 g/mol. The molecule has 1 fully saturated rings. The number of hydrogen-bond donors (Lipinski definition) is 1. The van der Waals surface area contributed by atoms with Gasteiger partial charge in [-0.05, 0) is 48.9 Å². The van der Waals surface area contributed by atoms with Crippen LogP contribution in [0, 0.1) is 6.92 Å². The van der Waals surface area contributed by atoms with Gasteiger partial charge in [0.05, 0.1) is 15.7 Å². The summed E-state index contributed by atoms with van der Waals surface area (Å²) in [6, 6.07) is 14.8. The van der Waals surface area contributed by atoms with Gasteiger partial charge in [0.1, 0.15) is 0 Å². The van der Waals surface area contributed by atoms with E-state index in [0.29, 0.717) is 22.0 Å². The summed E-state index contributed by atoms with van der Waals surface area (Å²) in [6.45, 7) is 2.18. The summed E-state index contributed by atoms with van der Waals surface area (Å²) in [7, 11) is 0. The zero-order chi connectivity index (χ0) is 14.1. The molecule has 0 aromatic heterocycles. The van der Waals surface area contributed by atoms with Crippen molar-refractivity contribution in [1.82, 2.24) is 0 Å². The fourth-order valence-electron chi connectivity index (χ4n) is 2.87. The van der Waals surface area contributed by atoms with Gasteiger partial charge in [0, 0.05) is 6.04 Å². The fourth-order valence-corrected chi connectivity index (χ4v) is 3.22. The van der Waals surface area contributed by atoms with Crippen LogP contribution in [0.25, 0.3) is 0 Å². The van der Waals surface area contributed by atoms with Crippen LogP contribution in [0.3, 0.4) is 0 Å². The summed E-state index contributed by atoms with van der Waals surface area (Å²) >= 11 is 12.2. The van der Waals surface area contributed by atoms with E-state index in [0.717, 1.165) is 18.5 Å². The summed E-state index contributed by atoms with van der Waals surface area (Å²) in [5.41, 5.74) is 3.80. The van der Waals surface area contributed by atoms with Crippen LogP contribution in [0.15, 0.2) is 42.5 Å². The van der Waals surface area contributed by atoms with Crippen LogP contribution in [-0.2, 0) is 0 Å². The fraction of sp³-hybridized carbons (Fsp3) is 0.294. The van der Waals surface area contributed by atoms with Gasteiger partial charge in [-0.1, -0.05) is 53.5 Å². The lowest BCUT2D eigenvalue weighted by molar-refractivity contribution is 0.373. The minimum atomic E-state index is 0.482. The molecule has 1 nitrogen and oxygen atoms in total. The van der Waals surface area contributed by atoms with Crippen molar-refractivity contribution in [2.75, 3.05) is 5.32 Å². The van der Waals surface area contributed by atoms with Crippen molar-refractivity contribution >= 4 is 28.9 Å². The average Bonchev–Trinajstić information content (AvgIpc) is 2.39. The highest BCUT2D eigenvalue weighted by Crippen LogP contribution is 2.41. The van der Waals surface area contributed by atoms with Gasteiger partial charge in [-0.25, -0.2) is 0 Å². The third-order valence-electron chi connectivity index (χ3n) is 4.08. The van der Waals surface area contributed by atoms with E-state index in [1.165, 1.54) is 11.1 Å². The Morgan fingerprint density at radius 2 is 1.75 bits per heavy atom. The van der Waals surface area contributed by atoms with E-state index < -0.39 is 0 Å². The zero-order valence-corrected chi connectivity index (χ0v) is 12.9. The van der Waals surface area contributed by atoms with E-state index in [1.807, 2.05) is 18.2 Å². The molecule has 3 heteroatoms. The second kappa shape index (κ2) is 5.67. The van der Waals surface area contributed by atoms with Crippen LogP contribution < -0.4 is 5.32 Å². The third-order valence-corrected chi connectivity index (χ3v) is 4.90. The number of rotatable bonds is 3. The molecule has 104 valence electrons. The smallest absolute Gasteiger partial charge is 0.0823 e. The van der Waals surface area contributed by atoms with Crippen LogP contribution in [-0.4, -0.2) is 6.04 Å². The van der Waals surface area contributed by atoms with Gasteiger partial charge in [-0.3, -0.25) is 0 Å². The molecule has 0 saturated heterocycles. The lowest BCUT2D eigenvalue weighted by Crippen LogP contribution is -2.34. The molecule has 0 amide bonds. The van der Waals surface area contributed by atoms with Crippen LogP contribution in [0.5, 0.6) is 0 Å². The predicted molar refractivity (Wildman–Crippen MR) is 87.0 cm³/mol. The molecule has 3 rings (SSSR count). The summed E-state index contributed by atoms with van der Waals surface area (Å²) in [4.78, 5) is 0. The Morgan fingerprint density at radius 3 is 2.50 bits per heavy atom. The lowest BCUT2D eigenvalue weighted by Gasteiger charge is -2.37. The van der Waals surface area contributed by atoms with Crippen molar-refractivity contribution in [3.8, 4) is 0 Å². The Morgan fingerprint density at radius 1 is 1.00 bits per heavy atom. The molecule has 1 aliphatic rings. The van der Waals surface area contributed by atoms with Crippen molar-refractivity contribution < 1.29 is 0 Å². The lowest BCUT2D eigenvalue weighted by atomic mass is 9.74. The third kappa shape index (κ3) is 2.65. The number of anilines is 1. The Hall–Kier alpha value is -1.18. The summed E-state index contributed by atoms with van der Waals surface area (Å²) < 4.78 is 0. The molecular formula is C17H17Cl2N. The van der Waals surface area contributed by atoms with Crippen molar-refractivity contribution in [3.63, 3.8) is 0 Å². The number of benzene rings is 2. The van der Waals surface area contributed by atoms with Crippen molar-refractivity contribution in [2.24, 2.45) is 0 Å². The van der Waals surface area contributed by atoms with Gasteiger partial charge in [0.15, 0.2) is 0 Å². The summed E-state index contributed by atoms with van der Waals surface area (Å²) in [5.74, 6) is 0.659. The second-order valence-electron chi connectivity index (χ2n) is 5.47. The topological polar surface area (TPSA) is 12.0 Å². The van der Waals surface area contributed by atoms with Crippen LogP contribution >= 0.6 is 23.2 Å². The molecule has 0 bridgehead atoms. The first-order valence-corrected chi connectivity index (χ1v) is 7.67. The molecule has 1 saturated carbocycles. The Bertz CT molecular complexity index is 618. The molecule has 0 radical (unpaired) electrons. The summed E-state index contributed by atoms with van der Waals surface area (Å²) in [6.07, 6.45) is 2.29. The second-order valence-corrected chi connectivity index (χ2v) is 6.25. The van der Waals surface area contributed by atoms with Gasteiger partial charge in [-0.2, -0.15) is 0 Å². The molecule has 0 spiro atoms. The monoisotopic (exact) mass is 305 g/mol. The molecule has 1 N–H and O–H groups in total. The minimum absolute atomic E-state index is 0.482. The van der Waals surface area contributed by atoms with Gasteiger partial charge in [-0.15, -0.1) is 0 Å². The largest absolute Gasteiger partial charge is 0.381 e. The van der Waals surface area contributed by atoms with E-state index in [2.05, 4.69) is 36.5 Å². The van der Waals surface area contributed by atoms with Crippen LogP contribution in [0.4, 0.5) is 5.69 Å². The number of halogens is 2. The summed E-state index contributed by atoms with van der Waals surface area (Å²) in [5, 5.41) is 4.71. The maximum Gasteiger partial charge on any atom is 0.0823 e. The first-order valence-electron chi connectivity index (χ1n) is 6.91. The maximum absolute atomic E-state index is 6.20.